The summed E-state index contributed by atoms with van der Waals surface area (Å²) in [7, 11) is 0. The molecule has 0 saturated carbocycles. The summed E-state index contributed by atoms with van der Waals surface area (Å²) >= 11 is 0. The van der Waals surface area contributed by atoms with Crippen LogP contribution in [0.25, 0.3) is 0 Å². The van der Waals surface area contributed by atoms with Gasteiger partial charge in [0, 0.05) is 0 Å². The van der Waals surface area contributed by atoms with Crippen molar-refractivity contribution >= 4 is 12.4 Å². The minimum atomic E-state index is -3.45. The number of alkyl halides is 2. The normalized spacial score (nSPS) is 15.1. The third kappa shape index (κ3) is 2.66. The van der Waals surface area contributed by atoms with E-state index in [0.717, 1.165) is 31.2 Å². The third-order valence-electron chi connectivity index (χ3n) is 2.37. The molecule has 0 fully saturated rings. The molecule has 0 spiro atoms. The molecule has 0 aliphatic carbocycles. The SMILES string of the molecule is CC(O)(c1ccc(F)cc1)C(F)(F)CN.Cl. The van der Waals surface area contributed by atoms with E-state index in [1.165, 1.54) is 0 Å². The molecule has 0 bridgehead atoms. The molecule has 1 unspecified atom stereocenters. The van der Waals surface area contributed by atoms with Crippen LogP contribution in [0.5, 0.6) is 0 Å². The van der Waals surface area contributed by atoms with Crippen molar-refractivity contribution in [3.63, 3.8) is 0 Å². The van der Waals surface area contributed by atoms with Gasteiger partial charge in [0.15, 0.2) is 5.60 Å². The van der Waals surface area contributed by atoms with Crippen molar-refractivity contribution in [1.82, 2.24) is 0 Å². The molecule has 0 aromatic heterocycles. The molecule has 0 saturated heterocycles. The Kier molecular flexibility index (Phi) is 4.79. The fourth-order valence-electron chi connectivity index (χ4n) is 1.18. The van der Waals surface area contributed by atoms with Crippen LogP contribution in [0.1, 0.15) is 12.5 Å². The fourth-order valence-corrected chi connectivity index (χ4v) is 1.18. The molecule has 0 amide bonds. The Hall–Kier alpha value is -0.780. The average Bonchev–Trinajstić information content (AvgIpc) is 2.18. The zero-order valence-corrected chi connectivity index (χ0v) is 9.40. The Balaban J connectivity index is 0.00000225. The maximum atomic E-state index is 13.2. The van der Waals surface area contributed by atoms with Crippen LogP contribution in [-0.4, -0.2) is 17.6 Å². The van der Waals surface area contributed by atoms with Crippen LogP contribution in [0.4, 0.5) is 13.2 Å². The maximum absolute atomic E-state index is 13.2. The lowest BCUT2D eigenvalue weighted by Gasteiger charge is -2.32. The molecule has 0 aliphatic rings. The van der Waals surface area contributed by atoms with E-state index in [2.05, 4.69) is 0 Å². The number of hydrogen-bond acceptors (Lipinski definition) is 2. The second kappa shape index (κ2) is 5.03. The van der Waals surface area contributed by atoms with Gasteiger partial charge in [-0.15, -0.1) is 12.4 Å². The number of nitrogens with two attached hydrogens (primary N) is 1. The van der Waals surface area contributed by atoms with Gasteiger partial charge < -0.3 is 10.8 Å². The molecule has 1 aromatic carbocycles. The minimum absolute atomic E-state index is 0. The van der Waals surface area contributed by atoms with Gasteiger partial charge in [0.25, 0.3) is 5.92 Å². The van der Waals surface area contributed by atoms with E-state index in [0.29, 0.717) is 0 Å². The van der Waals surface area contributed by atoms with E-state index in [4.69, 9.17) is 5.73 Å². The lowest BCUT2D eigenvalue weighted by molar-refractivity contribution is -0.170. The first-order valence-electron chi connectivity index (χ1n) is 4.37. The highest BCUT2D eigenvalue weighted by Crippen LogP contribution is 2.36. The number of rotatable bonds is 3. The van der Waals surface area contributed by atoms with E-state index in [1.54, 1.807) is 0 Å². The predicted molar refractivity (Wildman–Crippen MR) is 57.2 cm³/mol. The molecule has 1 atom stereocenters. The van der Waals surface area contributed by atoms with Crippen molar-refractivity contribution in [1.29, 1.82) is 0 Å². The van der Waals surface area contributed by atoms with E-state index < -0.39 is 23.9 Å². The molecule has 1 aromatic rings. The van der Waals surface area contributed by atoms with Crippen molar-refractivity contribution in [2.45, 2.75) is 18.4 Å². The molecule has 92 valence electrons. The van der Waals surface area contributed by atoms with Crippen LogP contribution < -0.4 is 5.73 Å². The number of hydrogen-bond donors (Lipinski definition) is 2. The summed E-state index contributed by atoms with van der Waals surface area (Å²) in [4.78, 5) is 0. The van der Waals surface area contributed by atoms with Gasteiger partial charge in [0.05, 0.1) is 6.54 Å². The highest BCUT2D eigenvalue weighted by molar-refractivity contribution is 5.85. The van der Waals surface area contributed by atoms with Crippen molar-refractivity contribution in [2.24, 2.45) is 5.73 Å². The molecule has 3 N–H and O–H groups in total. The van der Waals surface area contributed by atoms with E-state index in [-0.39, 0.29) is 18.0 Å². The third-order valence-corrected chi connectivity index (χ3v) is 2.37. The Morgan fingerprint density at radius 1 is 1.25 bits per heavy atom. The van der Waals surface area contributed by atoms with Gasteiger partial charge in [0.1, 0.15) is 5.82 Å². The molecule has 0 aliphatic heterocycles. The van der Waals surface area contributed by atoms with Gasteiger partial charge in [-0.05, 0) is 24.6 Å². The quantitative estimate of drug-likeness (QED) is 0.868. The zero-order valence-electron chi connectivity index (χ0n) is 8.58. The highest BCUT2D eigenvalue weighted by atomic mass is 35.5. The zero-order chi connectivity index (χ0) is 11.7. The lowest BCUT2D eigenvalue weighted by atomic mass is 9.89. The largest absolute Gasteiger partial charge is 0.379 e. The second-order valence-corrected chi connectivity index (χ2v) is 3.49. The molecule has 0 heterocycles. The van der Waals surface area contributed by atoms with Gasteiger partial charge in [-0.1, -0.05) is 12.1 Å². The Labute approximate surface area is 97.7 Å². The summed E-state index contributed by atoms with van der Waals surface area (Å²) in [5.41, 5.74) is 2.41. The fraction of sp³-hybridized carbons (Fsp3) is 0.400. The summed E-state index contributed by atoms with van der Waals surface area (Å²) in [6.07, 6.45) is 0. The second-order valence-electron chi connectivity index (χ2n) is 3.49. The van der Waals surface area contributed by atoms with E-state index >= 15 is 0 Å². The summed E-state index contributed by atoms with van der Waals surface area (Å²) in [5.74, 6) is -4.00. The number of halogens is 4. The van der Waals surface area contributed by atoms with Crippen LogP contribution in [0, 0.1) is 5.82 Å². The maximum Gasteiger partial charge on any atom is 0.291 e. The molecular formula is C10H13ClF3NO. The summed E-state index contributed by atoms with van der Waals surface area (Å²) in [6.45, 7) is -0.0233. The first-order valence-corrected chi connectivity index (χ1v) is 4.37. The molecular weight excluding hydrogens is 243 g/mol. The van der Waals surface area contributed by atoms with Crippen LogP contribution in [0.15, 0.2) is 24.3 Å². The van der Waals surface area contributed by atoms with Crippen molar-refractivity contribution < 1.29 is 18.3 Å². The highest BCUT2D eigenvalue weighted by Gasteiger charge is 2.48. The smallest absolute Gasteiger partial charge is 0.291 e. The van der Waals surface area contributed by atoms with Crippen LogP contribution in [-0.2, 0) is 5.60 Å². The lowest BCUT2D eigenvalue weighted by Crippen LogP contribution is -2.48. The summed E-state index contributed by atoms with van der Waals surface area (Å²) in [5, 5.41) is 9.65. The van der Waals surface area contributed by atoms with Gasteiger partial charge in [0.2, 0.25) is 0 Å². The van der Waals surface area contributed by atoms with Gasteiger partial charge in [-0.25, -0.2) is 13.2 Å². The Bertz CT molecular complexity index is 340. The van der Waals surface area contributed by atoms with Crippen molar-refractivity contribution in [3.05, 3.63) is 35.6 Å². The Morgan fingerprint density at radius 3 is 2.06 bits per heavy atom. The molecule has 2 nitrogen and oxygen atoms in total. The number of benzene rings is 1. The van der Waals surface area contributed by atoms with Gasteiger partial charge >= 0.3 is 0 Å². The Morgan fingerprint density at radius 2 is 1.69 bits per heavy atom. The van der Waals surface area contributed by atoms with Gasteiger partial charge in [-0.2, -0.15) is 0 Å². The topological polar surface area (TPSA) is 46.2 Å². The monoisotopic (exact) mass is 255 g/mol. The van der Waals surface area contributed by atoms with Crippen LogP contribution >= 0.6 is 12.4 Å². The van der Waals surface area contributed by atoms with E-state index in [9.17, 15) is 18.3 Å². The summed E-state index contributed by atoms with van der Waals surface area (Å²) < 4.78 is 39.1. The molecule has 16 heavy (non-hydrogen) atoms. The van der Waals surface area contributed by atoms with Crippen LogP contribution in [0.3, 0.4) is 0 Å². The molecule has 1 rings (SSSR count). The van der Waals surface area contributed by atoms with Crippen molar-refractivity contribution in [3.8, 4) is 0 Å². The molecule has 6 heteroatoms. The average molecular weight is 256 g/mol. The predicted octanol–water partition coefficient (Wildman–Crippen LogP) is 2.05. The van der Waals surface area contributed by atoms with Gasteiger partial charge in [-0.3, -0.25) is 0 Å². The standard InChI is InChI=1S/C10H12F3NO.ClH/c1-9(15,10(12,13)6-14)7-2-4-8(11)5-3-7;/h2-5,15H,6,14H2,1H3;1H. The minimum Gasteiger partial charge on any atom is -0.379 e. The number of aliphatic hydroxyl groups is 1. The van der Waals surface area contributed by atoms with Crippen LogP contribution in [0.2, 0.25) is 0 Å². The first kappa shape index (κ1) is 15.2. The molecule has 0 radical (unpaired) electrons. The van der Waals surface area contributed by atoms with E-state index in [1.807, 2.05) is 0 Å². The summed E-state index contributed by atoms with van der Waals surface area (Å²) in [6, 6.07) is 4.24. The first-order chi connectivity index (χ1) is 6.81. The van der Waals surface area contributed by atoms with Crippen molar-refractivity contribution in [2.75, 3.05) is 6.54 Å².